The zero-order chi connectivity index (χ0) is 31.1. The topological polar surface area (TPSA) is 129 Å². The van der Waals surface area contributed by atoms with Gasteiger partial charge in [0.1, 0.15) is 18.4 Å². The quantitative estimate of drug-likeness (QED) is 0.312. The number of rotatable bonds is 9. The van der Waals surface area contributed by atoms with E-state index in [0.29, 0.717) is 44.2 Å². The number of hydrogen-bond acceptors (Lipinski definition) is 6. The number of carbonyl (C=O) groups excluding carboxylic acids is 4. The fourth-order valence-electron chi connectivity index (χ4n) is 4.63. The minimum atomic E-state index is -4.36. The molecule has 13 heteroatoms. The molecule has 3 aliphatic rings. The first kappa shape index (κ1) is 35.1. The number of piperidine rings is 1. The average molecular weight is 579 g/mol. The van der Waals surface area contributed by atoms with E-state index >= 15 is 0 Å². The van der Waals surface area contributed by atoms with Crippen LogP contribution in [0.3, 0.4) is 0 Å². The molecule has 5 unspecified atom stereocenters. The van der Waals surface area contributed by atoms with Gasteiger partial charge in [-0.1, -0.05) is 41.5 Å². The van der Waals surface area contributed by atoms with E-state index in [1.165, 1.54) is 6.92 Å². The summed E-state index contributed by atoms with van der Waals surface area (Å²) in [6.07, 6.45) is -3.07. The fraction of sp³-hybridized carbons (Fsp3) is 0.815. The van der Waals surface area contributed by atoms with Gasteiger partial charge in [0.25, 0.3) is 0 Å². The smallest absolute Gasteiger partial charge is 0.408 e. The van der Waals surface area contributed by atoms with E-state index < -0.39 is 43.0 Å². The lowest BCUT2D eigenvalue weighted by Crippen LogP contribution is -2.64. The van der Waals surface area contributed by atoms with E-state index in [1.807, 2.05) is 18.3 Å². The lowest BCUT2D eigenvalue weighted by molar-refractivity contribution is -0.329. The Morgan fingerprint density at radius 3 is 2.02 bits per heavy atom. The fourth-order valence-corrected chi connectivity index (χ4v) is 4.63. The monoisotopic (exact) mass is 578 g/mol. The van der Waals surface area contributed by atoms with Gasteiger partial charge in [-0.25, -0.2) is 4.79 Å². The van der Waals surface area contributed by atoms with Gasteiger partial charge in [-0.3, -0.25) is 14.4 Å². The van der Waals surface area contributed by atoms with Crippen LogP contribution in [0.25, 0.3) is 0 Å². The summed E-state index contributed by atoms with van der Waals surface area (Å²) in [6.45, 7) is 15.0. The van der Waals surface area contributed by atoms with E-state index in [9.17, 15) is 36.7 Å². The molecule has 1 saturated heterocycles. The van der Waals surface area contributed by atoms with Crippen molar-refractivity contribution in [2.24, 2.45) is 29.1 Å². The summed E-state index contributed by atoms with van der Waals surface area (Å²) in [4.78, 5) is 45.9. The summed E-state index contributed by atoms with van der Waals surface area (Å²) >= 11 is 0. The molecule has 3 rings (SSSR count). The number of carbonyl (C=O) groups is 4. The Morgan fingerprint density at radius 2 is 1.65 bits per heavy atom. The second kappa shape index (κ2) is 14.1. The van der Waals surface area contributed by atoms with Gasteiger partial charge in [0, 0.05) is 19.0 Å². The number of fused-ring (bicyclic) bond motifs is 1. The zero-order valence-corrected chi connectivity index (χ0v) is 24.2. The minimum Gasteiger partial charge on any atom is -0.439 e. The maximum absolute atomic E-state index is 13.0. The molecule has 3 fully saturated rings. The maximum Gasteiger partial charge on any atom is 0.408 e. The van der Waals surface area contributed by atoms with Crippen LogP contribution in [0.15, 0.2) is 0 Å². The molecule has 2 aliphatic carbocycles. The number of amides is 3. The van der Waals surface area contributed by atoms with Crippen molar-refractivity contribution in [3.05, 3.63) is 0 Å². The Hall–Kier alpha value is -2.91. The number of alkyl carbamates (subject to hydrolysis) is 1. The van der Waals surface area contributed by atoms with Crippen LogP contribution >= 0.6 is 0 Å². The van der Waals surface area contributed by atoms with Gasteiger partial charge in [0.15, 0.2) is 6.10 Å². The Balaban J connectivity index is 0.000000400. The summed E-state index contributed by atoms with van der Waals surface area (Å²) < 4.78 is 55.4. The van der Waals surface area contributed by atoms with Crippen molar-refractivity contribution in [2.75, 3.05) is 19.6 Å². The van der Waals surface area contributed by atoms with Gasteiger partial charge in [-0.15, -0.1) is 0 Å². The van der Waals surface area contributed by atoms with Crippen molar-refractivity contribution in [1.82, 2.24) is 15.5 Å². The van der Waals surface area contributed by atoms with E-state index in [2.05, 4.69) is 44.7 Å². The Morgan fingerprint density at radius 1 is 1.12 bits per heavy atom. The highest BCUT2D eigenvalue weighted by molar-refractivity contribution is 5.82. The van der Waals surface area contributed by atoms with Crippen molar-refractivity contribution >= 4 is 24.2 Å². The molecular formula is C27H42F4N4O5. The number of nitrogens with one attached hydrogen (secondary N) is 2. The second-order valence-corrected chi connectivity index (χ2v) is 11.8. The molecule has 5 atom stereocenters. The summed E-state index contributed by atoms with van der Waals surface area (Å²) in [5, 5.41) is 13.0. The zero-order valence-electron chi connectivity index (χ0n) is 24.2. The molecule has 0 aromatic rings. The minimum absolute atomic E-state index is 0.0652. The highest BCUT2D eigenvalue weighted by Gasteiger charge is 2.74. The molecule has 40 heavy (non-hydrogen) atoms. The second-order valence-electron chi connectivity index (χ2n) is 11.8. The largest absolute Gasteiger partial charge is 0.439 e. The number of nitriles is 1. The highest BCUT2D eigenvalue weighted by Crippen LogP contribution is 2.61. The van der Waals surface area contributed by atoms with Crippen molar-refractivity contribution in [1.29, 1.82) is 5.26 Å². The maximum atomic E-state index is 13.0. The molecule has 3 amide bonds. The molecular weight excluding hydrogens is 536 g/mol. The average Bonchev–Trinajstić information content (AvgIpc) is 3.17. The van der Waals surface area contributed by atoms with Crippen molar-refractivity contribution in [3.63, 3.8) is 0 Å². The molecule has 9 nitrogen and oxygen atoms in total. The summed E-state index contributed by atoms with van der Waals surface area (Å²) in [6, 6.07) is 1.38. The number of ether oxygens (including phenoxy) is 1. The number of halogens is 4. The summed E-state index contributed by atoms with van der Waals surface area (Å²) in [7, 11) is 0. The number of Topliss-reactive ketones (excluding diaryl/α,β-unsaturated/α-hetero) is 1. The number of nitrogens with zero attached hydrogens (tertiary/aromatic N) is 2. The number of alkyl halides is 4. The SMILES string of the molecule is CC(C)C.CC1(C)C2CN(C(=O)CNC(=O)OC3CC(F)(F)C3(F)F)CC21.CCC(CC(C#N)NC=O)C(C)=O. The van der Waals surface area contributed by atoms with E-state index in [4.69, 9.17) is 5.26 Å². The predicted octanol–water partition coefficient (Wildman–Crippen LogP) is 4.16. The first-order valence-electron chi connectivity index (χ1n) is 13.4. The summed E-state index contributed by atoms with van der Waals surface area (Å²) in [5.74, 6) is -7.18. The lowest BCUT2D eigenvalue weighted by atomic mass is 9.85. The van der Waals surface area contributed by atoms with Gasteiger partial charge >= 0.3 is 17.9 Å². The molecule has 2 N–H and O–H groups in total. The van der Waals surface area contributed by atoms with Crippen LogP contribution < -0.4 is 10.6 Å². The molecule has 2 saturated carbocycles. The van der Waals surface area contributed by atoms with Crippen LogP contribution in [0.2, 0.25) is 0 Å². The first-order valence-corrected chi connectivity index (χ1v) is 13.4. The van der Waals surface area contributed by atoms with Gasteiger partial charge < -0.3 is 20.3 Å². The van der Waals surface area contributed by atoms with Gasteiger partial charge in [0.05, 0.1) is 12.5 Å². The standard InChI is InChI=1S/C14H18F4N2O3.C9H14N2O2.C4H10/c1-12(2)7-5-20(6-8(7)12)10(21)4-19-11(22)23-9-3-13(15,16)14(9,17)18;1-3-8(7(2)13)4-9(5-10)11-6-12;1-4(2)3/h7-9H,3-6H2,1-2H3,(H,19,22);6,8-9H,3-4H2,1-2H3,(H,11,12);4H,1-3H3. The van der Waals surface area contributed by atoms with E-state index in [-0.39, 0.29) is 23.0 Å². The molecule has 0 radical (unpaired) electrons. The van der Waals surface area contributed by atoms with E-state index in [0.717, 1.165) is 5.92 Å². The lowest BCUT2D eigenvalue weighted by Gasteiger charge is -2.42. The van der Waals surface area contributed by atoms with Crippen molar-refractivity contribution in [2.45, 2.75) is 91.7 Å². The number of ketones is 1. The van der Waals surface area contributed by atoms with Crippen LogP contribution in [-0.2, 0) is 19.1 Å². The molecule has 1 heterocycles. The Labute approximate surface area is 233 Å². The van der Waals surface area contributed by atoms with Crippen LogP contribution in [0.1, 0.15) is 67.7 Å². The van der Waals surface area contributed by atoms with Crippen LogP contribution in [-0.4, -0.2) is 72.7 Å². The van der Waals surface area contributed by atoms with Crippen molar-refractivity contribution in [3.8, 4) is 6.07 Å². The molecule has 1 aliphatic heterocycles. The number of likely N-dealkylation sites (tertiary alicyclic amines) is 1. The third-order valence-electron chi connectivity index (χ3n) is 7.45. The third kappa shape index (κ3) is 9.06. The van der Waals surface area contributed by atoms with Crippen LogP contribution in [0, 0.1) is 40.4 Å². The molecule has 0 spiro atoms. The van der Waals surface area contributed by atoms with Crippen molar-refractivity contribution < 1.29 is 41.5 Å². The highest BCUT2D eigenvalue weighted by atomic mass is 19.3. The van der Waals surface area contributed by atoms with E-state index in [1.54, 1.807) is 4.90 Å². The summed E-state index contributed by atoms with van der Waals surface area (Å²) in [5.41, 5.74) is 0.240. The third-order valence-corrected chi connectivity index (χ3v) is 7.45. The van der Waals surface area contributed by atoms with Gasteiger partial charge in [-0.05, 0) is 42.9 Å². The molecule has 0 aromatic carbocycles. The molecule has 0 aromatic heterocycles. The van der Waals surface area contributed by atoms with Crippen LogP contribution in [0.5, 0.6) is 0 Å². The normalized spacial score (nSPS) is 25.6. The number of hydrogen-bond donors (Lipinski definition) is 2. The predicted molar refractivity (Wildman–Crippen MR) is 138 cm³/mol. The van der Waals surface area contributed by atoms with Gasteiger partial charge in [0.2, 0.25) is 12.3 Å². The molecule has 0 bridgehead atoms. The molecule has 228 valence electrons. The Kier molecular flexibility index (Phi) is 12.4. The Bertz CT molecular complexity index is 937. The first-order chi connectivity index (χ1) is 18.3. The van der Waals surface area contributed by atoms with Crippen LogP contribution in [0.4, 0.5) is 22.4 Å². The van der Waals surface area contributed by atoms with Gasteiger partial charge in [-0.2, -0.15) is 22.8 Å².